The summed E-state index contributed by atoms with van der Waals surface area (Å²) in [4.78, 5) is 31.5. The number of piperazine rings is 1. The molecule has 0 spiro atoms. The third kappa shape index (κ3) is 5.32. The molecule has 218 valence electrons. The zero-order chi connectivity index (χ0) is 29.2. The number of benzene rings is 2. The molecule has 2 aliphatic heterocycles. The van der Waals surface area contributed by atoms with E-state index < -0.39 is 0 Å². The Balaban J connectivity index is 1.42. The quantitative estimate of drug-likeness (QED) is 0.298. The van der Waals surface area contributed by atoms with Crippen LogP contribution in [0.4, 0.5) is 10.2 Å². The summed E-state index contributed by atoms with van der Waals surface area (Å²) in [5.74, 6) is -0.00503. The Bertz CT molecular complexity index is 1550. The van der Waals surface area contributed by atoms with Gasteiger partial charge < -0.3 is 24.3 Å². The Hall–Kier alpha value is -4.03. The number of aryl methyl sites for hydroxylation is 1. The number of likely N-dealkylation sites (N-methyl/N-ethyl adjacent to an activating group) is 1. The van der Waals surface area contributed by atoms with Crippen molar-refractivity contribution in [3.05, 3.63) is 71.3 Å². The Morgan fingerprint density at radius 3 is 2.76 bits per heavy atom. The maximum Gasteiger partial charge on any atom is 0.319 e. The third-order valence-electron chi connectivity index (χ3n) is 9.07. The second-order valence-electron chi connectivity index (χ2n) is 11.6. The molecular weight excluding hydrogens is 531 g/mol. The number of likely N-dealkylation sites (tertiary alicyclic amines) is 1. The Labute approximate surface area is 246 Å². The molecule has 0 N–H and O–H groups in total. The van der Waals surface area contributed by atoms with Crippen LogP contribution in [0.5, 0.6) is 6.01 Å². The molecule has 2 saturated heterocycles. The molecule has 3 aliphatic rings. The summed E-state index contributed by atoms with van der Waals surface area (Å²) >= 11 is 0. The number of ether oxygens (including phenoxy) is 1. The molecule has 3 heterocycles. The van der Waals surface area contributed by atoms with Crippen LogP contribution in [-0.4, -0.2) is 84.1 Å². The lowest BCUT2D eigenvalue weighted by Crippen LogP contribution is -2.56. The number of carbonyl (C=O) groups is 1. The molecule has 3 aromatic rings. The lowest BCUT2D eigenvalue weighted by Gasteiger charge is -2.39. The van der Waals surface area contributed by atoms with Gasteiger partial charge in [-0.25, -0.2) is 11.0 Å². The smallest absolute Gasteiger partial charge is 0.319 e. The lowest BCUT2D eigenvalue weighted by atomic mass is 9.85. The number of halogens is 1. The fraction of sp³-hybridized carbons (Fsp3) is 0.455. The highest BCUT2D eigenvalue weighted by Crippen LogP contribution is 2.38. The molecule has 8 nitrogen and oxygen atoms in total. The minimum atomic E-state index is -0.379. The summed E-state index contributed by atoms with van der Waals surface area (Å²) in [6.45, 7) is 14.0. The van der Waals surface area contributed by atoms with E-state index in [1.807, 2.05) is 29.2 Å². The number of hydrogen-bond acceptors (Lipinski definition) is 6. The van der Waals surface area contributed by atoms with E-state index in [0.717, 1.165) is 50.6 Å². The van der Waals surface area contributed by atoms with Crippen molar-refractivity contribution in [2.45, 2.75) is 50.6 Å². The van der Waals surface area contributed by atoms with Gasteiger partial charge in [-0.2, -0.15) is 9.97 Å². The first kappa shape index (κ1) is 28.1. The molecule has 0 bridgehead atoms. The van der Waals surface area contributed by atoms with Crippen molar-refractivity contribution in [1.29, 1.82) is 0 Å². The topological polar surface area (TPSA) is 66.2 Å². The molecule has 0 unspecified atom stereocenters. The minimum Gasteiger partial charge on any atom is -0.462 e. The van der Waals surface area contributed by atoms with Crippen molar-refractivity contribution in [2.24, 2.45) is 0 Å². The minimum absolute atomic E-state index is 0.148. The van der Waals surface area contributed by atoms with E-state index in [-0.39, 0.29) is 41.9 Å². The second-order valence-corrected chi connectivity index (χ2v) is 11.6. The molecule has 0 saturated carbocycles. The molecular formula is C33H37FN6O2. The molecule has 2 atom stereocenters. The van der Waals surface area contributed by atoms with Crippen LogP contribution in [-0.2, 0) is 17.6 Å². The first-order valence-electron chi connectivity index (χ1n) is 14.9. The summed E-state index contributed by atoms with van der Waals surface area (Å²) in [6, 6.07) is 10.0. The van der Waals surface area contributed by atoms with Gasteiger partial charge in [0.2, 0.25) is 12.5 Å². The molecule has 2 aromatic carbocycles. The van der Waals surface area contributed by atoms with Crippen LogP contribution >= 0.6 is 0 Å². The number of anilines is 1. The number of rotatable bonds is 7. The van der Waals surface area contributed by atoms with Crippen molar-refractivity contribution in [3.8, 4) is 17.1 Å². The van der Waals surface area contributed by atoms with E-state index in [2.05, 4.69) is 34.4 Å². The number of amides is 1. The maximum absolute atomic E-state index is 16.6. The fourth-order valence-corrected chi connectivity index (χ4v) is 6.75. The van der Waals surface area contributed by atoms with E-state index in [0.29, 0.717) is 43.0 Å². The molecule has 0 radical (unpaired) electrons. The summed E-state index contributed by atoms with van der Waals surface area (Å²) in [5.41, 5.74) is 4.22. The number of aromatic nitrogens is 2. The Morgan fingerprint density at radius 1 is 1.12 bits per heavy atom. The normalized spacial score (nSPS) is 20.8. The summed E-state index contributed by atoms with van der Waals surface area (Å²) in [6.07, 6.45) is 7.66. The van der Waals surface area contributed by atoms with Crippen molar-refractivity contribution < 1.29 is 13.9 Å². The van der Waals surface area contributed by atoms with Crippen molar-refractivity contribution >= 4 is 22.6 Å². The highest BCUT2D eigenvalue weighted by Gasteiger charge is 2.33. The fourth-order valence-electron chi connectivity index (χ4n) is 6.75. The Kier molecular flexibility index (Phi) is 8.07. The van der Waals surface area contributed by atoms with E-state index >= 15 is 4.39 Å². The number of fused-ring (bicyclic) bond motifs is 2. The first-order valence-corrected chi connectivity index (χ1v) is 14.9. The Morgan fingerprint density at radius 2 is 1.98 bits per heavy atom. The van der Waals surface area contributed by atoms with Crippen LogP contribution < -0.4 is 9.64 Å². The number of nitrogens with zero attached hydrogens (tertiary/aromatic N) is 6. The van der Waals surface area contributed by atoms with Crippen molar-refractivity contribution in [3.63, 3.8) is 0 Å². The summed E-state index contributed by atoms with van der Waals surface area (Å²) < 4.78 is 22.7. The van der Waals surface area contributed by atoms with Crippen molar-refractivity contribution in [1.82, 2.24) is 19.8 Å². The van der Waals surface area contributed by atoms with E-state index in [1.165, 1.54) is 17.2 Å². The molecule has 9 heteroatoms. The summed E-state index contributed by atoms with van der Waals surface area (Å²) in [7, 11) is 2.09. The van der Waals surface area contributed by atoms with Gasteiger partial charge in [-0.15, -0.1) is 0 Å². The zero-order valence-corrected chi connectivity index (χ0v) is 24.2. The highest BCUT2D eigenvalue weighted by atomic mass is 19.1. The molecule has 1 aliphatic carbocycles. The van der Waals surface area contributed by atoms with E-state index in [9.17, 15) is 4.79 Å². The largest absolute Gasteiger partial charge is 0.462 e. The van der Waals surface area contributed by atoms with Crippen molar-refractivity contribution in [2.75, 3.05) is 51.3 Å². The predicted octanol–water partition coefficient (Wildman–Crippen LogP) is 4.91. The lowest BCUT2D eigenvalue weighted by molar-refractivity contribution is -0.128. The van der Waals surface area contributed by atoms with Gasteiger partial charge in [0.1, 0.15) is 24.0 Å². The van der Waals surface area contributed by atoms with Crippen LogP contribution in [0.3, 0.4) is 0 Å². The van der Waals surface area contributed by atoms with Gasteiger partial charge in [-0.05, 0) is 81.0 Å². The third-order valence-corrected chi connectivity index (χ3v) is 9.07. The second kappa shape index (κ2) is 12.1. The number of hydrogen-bond donors (Lipinski definition) is 0. The van der Waals surface area contributed by atoms with Crippen LogP contribution in [0.1, 0.15) is 36.8 Å². The van der Waals surface area contributed by atoms with Crippen LogP contribution in [0.25, 0.3) is 26.9 Å². The SMILES string of the molecule is [C-]#[N+]C[C@H]1CN(c2nc(OC[C@@H]3CCCN3C)nc3c(F)c(-c4cccc5c4CCCC5)ccc23)CCN1C(=O)C=C. The van der Waals surface area contributed by atoms with Gasteiger partial charge in [-0.3, -0.25) is 4.79 Å². The van der Waals surface area contributed by atoms with Gasteiger partial charge in [0, 0.05) is 36.6 Å². The van der Waals surface area contributed by atoms with Gasteiger partial charge >= 0.3 is 6.01 Å². The average molecular weight is 569 g/mol. The van der Waals surface area contributed by atoms with E-state index in [4.69, 9.17) is 16.3 Å². The maximum atomic E-state index is 16.6. The van der Waals surface area contributed by atoms with Gasteiger partial charge in [0.25, 0.3) is 0 Å². The van der Waals surface area contributed by atoms with E-state index in [1.54, 1.807) is 4.90 Å². The molecule has 6 rings (SSSR count). The predicted molar refractivity (Wildman–Crippen MR) is 162 cm³/mol. The first-order chi connectivity index (χ1) is 20.5. The standard InChI is InChI=1S/C33H37FN6O2/c1-4-29(41)40-18-17-39(20-24(40)19-35-2)32-28-15-14-27(26-13-7-10-22-9-5-6-12-25(22)26)30(34)31(28)36-33(37-32)42-21-23-11-8-16-38(23)3/h4,7,10,13-15,23-24H,1,5-6,8-9,11-12,16-21H2,3H3/t23-,24-/m0/s1. The van der Waals surface area contributed by atoms with Crippen LogP contribution in [0.2, 0.25) is 0 Å². The monoisotopic (exact) mass is 568 g/mol. The molecule has 1 amide bonds. The summed E-state index contributed by atoms with van der Waals surface area (Å²) in [5, 5.41) is 0.594. The highest BCUT2D eigenvalue weighted by molar-refractivity contribution is 5.94. The molecule has 42 heavy (non-hydrogen) atoms. The van der Waals surface area contributed by atoms with Gasteiger partial charge in [-0.1, -0.05) is 30.8 Å². The van der Waals surface area contributed by atoms with Crippen LogP contribution in [0, 0.1) is 12.4 Å². The molecule has 1 aromatic heterocycles. The number of carbonyl (C=O) groups excluding carboxylic acids is 1. The molecule has 2 fully saturated rings. The van der Waals surface area contributed by atoms with Crippen LogP contribution in [0.15, 0.2) is 43.0 Å². The zero-order valence-electron chi connectivity index (χ0n) is 24.2. The average Bonchev–Trinajstić information content (AvgIpc) is 3.44. The van der Waals surface area contributed by atoms with Gasteiger partial charge in [0.05, 0.1) is 0 Å². The van der Waals surface area contributed by atoms with Gasteiger partial charge in [0.15, 0.2) is 5.82 Å².